The van der Waals surface area contributed by atoms with Crippen LogP contribution >= 0.6 is 0 Å². The number of benzene rings is 1. The van der Waals surface area contributed by atoms with Crippen LogP contribution < -0.4 is 10.6 Å². The van der Waals surface area contributed by atoms with Crippen molar-refractivity contribution in [1.82, 2.24) is 20.1 Å². The van der Waals surface area contributed by atoms with E-state index in [2.05, 4.69) is 20.8 Å². The van der Waals surface area contributed by atoms with Crippen molar-refractivity contribution in [3.8, 4) is 11.4 Å². The van der Waals surface area contributed by atoms with Crippen molar-refractivity contribution in [3.63, 3.8) is 0 Å². The summed E-state index contributed by atoms with van der Waals surface area (Å²) in [5, 5.41) is 13.7. The number of carbonyl (C=O) groups is 2. The number of anilines is 1. The van der Waals surface area contributed by atoms with Gasteiger partial charge in [-0.1, -0.05) is 18.6 Å². The molecule has 28 heavy (non-hydrogen) atoms. The molecule has 7 heteroatoms. The van der Waals surface area contributed by atoms with Crippen molar-refractivity contribution < 1.29 is 9.59 Å². The van der Waals surface area contributed by atoms with Crippen molar-refractivity contribution in [2.75, 3.05) is 5.32 Å². The quantitative estimate of drug-likeness (QED) is 0.780. The molecule has 7 nitrogen and oxygen atoms in total. The predicted octanol–water partition coefficient (Wildman–Crippen LogP) is 2.84. The first-order chi connectivity index (χ1) is 13.5. The molecule has 0 aliphatic heterocycles. The van der Waals surface area contributed by atoms with Crippen molar-refractivity contribution in [2.24, 2.45) is 17.8 Å². The number of nitrogens with one attached hydrogen (secondary N) is 2. The molecule has 1 aromatic carbocycles. The van der Waals surface area contributed by atoms with Crippen LogP contribution in [0.2, 0.25) is 0 Å². The number of carbonyl (C=O) groups excluding carboxylic acids is 2. The fourth-order valence-corrected chi connectivity index (χ4v) is 4.92. The van der Waals surface area contributed by atoms with Gasteiger partial charge in [-0.15, -0.1) is 10.2 Å². The zero-order valence-electron chi connectivity index (χ0n) is 16.4. The molecule has 2 saturated carbocycles. The highest BCUT2D eigenvalue weighted by Crippen LogP contribution is 2.49. The fraction of sp³-hybridized carbons (Fsp3) is 0.524. The van der Waals surface area contributed by atoms with E-state index in [1.165, 1.54) is 25.7 Å². The molecule has 0 saturated heterocycles. The van der Waals surface area contributed by atoms with E-state index in [0.29, 0.717) is 17.5 Å². The van der Waals surface area contributed by atoms with Crippen molar-refractivity contribution in [2.45, 2.75) is 52.1 Å². The van der Waals surface area contributed by atoms with E-state index in [4.69, 9.17) is 0 Å². The summed E-state index contributed by atoms with van der Waals surface area (Å²) in [4.78, 5) is 24.8. The molecule has 1 aromatic heterocycles. The topological polar surface area (TPSA) is 88.9 Å². The van der Waals surface area contributed by atoms with Crippen molar-refractivity contribution >= 4 is 17.5 Å². The van der Waals surface area contributed by atoms with Crippen molar-refractivity contribution in [3.05, 3.63) is 30.6 Å². The summed E-state index contributed by atoms with van der Waals surface area (Å²) in [6.45, 7) is 4.79. The first-order valence-corrected chi connectivity index (χ1v) is 10.1. The van der Waals surface area contributed by atoms with E-state index in [1.54, 1.807) is 18.5 Å². The number of amides is 2. The molecule has 4 atom stereocenters. The van der Waals surface area contributed by atoms with E-state index >= 15 is 0 Å². The van der Waals surface area contributed by atoms with E-state index in [9.17, 15) is 9.59 Å². The van der Waals surface area contributed by atoms with Gasteiger partial charge in [0, 0.05) is 23.8 Å². The first-order valence-electron chi connectivity index (χ1n) is 10.1. The lowest BCUT2D eigenvalue weighted by molar-refractivity contribution is -0.136. The fourth-order valence-electron chi connectivity index (χ4n) is 4.92. The van der Waals surface area contributed by atoms with Gasteiger partial charge in [0.05, 0.1) is 0 Å². The summed E-state index contributed by atoms with van der Waals surface area (Å²) >= 11 is 0. The number of hydrogen-bond donors (Lipinski definition) is 2. The number of rotatable bonds is 5. The Bertz CT molecular complexity index is 877. The highest BCUT2D eigenvalue weighted by molar-refractivity contribution is 6.39. The Balaban J connectivity index is 1.38. The highest BCUT2D eigenvalue weighted by atomic mass is 16.2. The van der Waals surface area contributed by atoms with Crippen LogP contribution in [0.4, 0.5) is 5.69 Å². The van der Waals surface area contributed by atoms with Gasteiger partial charge in [0.15, 0.2) is 5.82 Å². The predicted molar refractivity (Wildman–Crippen MR) is 106 cm³/mol. The number of aromatic nitrogens is 3. The van der Waals surface area contributed by atoms with Gasteiger partial charge in [-0.25, -0.2) is 0 Å². The number of nitrogens with zero attached hydrogens (tertiary/aromatic N) is 3. The SMILES string of the molecule is CCn1cnnc1-c1cccc(NC(=O)C(=O)N[C@@H](C)[C@@H]2C[C@H]3CC[C@H]2C3)c1. The average molecular weight is 381 g/mol. The second-order valence-corrected chi connectivity index (χ2v) is 8.08. The van der Waals surface area contributed by atoms with Gasteiger partial charge in [-0.2, -0.15) is 0 Å². The monoisotopic (exact) mass is 381 g/mol. The Kier molecular flexibility index (Phi) is 5.15. The maximum absolute atomic E-state index is 12.4. The molecule has 2 fully saturated rings. The van der Waals surface area contributed by atoms with Gasteiger partial charge in [0.25, 0.3) is 0 Å². The maximum Gasteiger partial charge on any atom is 0.313 e. The largest absolute Gasteiger partial charge is 0.345 e. The van der Waals surface area contributed by atoms with Gasteiger partial charge < -0.3 is 15.2 Å². The lowest BCUT2D eigenvalue weighted by Gasteiger charge is -2.28. The van der Waals surface area contributed by atoms with E-state index in [-0.39, 0.29) is 6.04 Å². The molecule has 1 heterocycles. The first kappa shape index (κ1) is 18.7. The van der Waals surface area contributed by atoms with Gasteiger partial charge in [-0.05, 0) is 63.0 Å². The number of fused-ring (bicyclic) bond motifs is 2. The summed E-state index contributed by atoms with van der Waals surface area (Å²) in [5.74, 6) is 1.54. The third-order valence-electron chi connectivity index (χ3n) is 6.33. The van der Waals surface area contributed by atoms with Gasteiger partial charge >= 0.3 is 11.8 Å². The molecule has 0 radical (unpaired) electrons. The van der Waals surface area contributed by atoms with Gasteiger partial charge in [-0.3, -0.25) is 9.59 Å². The third kappa shape index (κ3) is 3.66. The highest BCUT2D eigenvalue weighted by Gasteiger charge is 2.42. The summed E-state index contributed by atoms with van der Waals surface area (Å²) < 4.78 is 1.92. The zero-order valence-corrected chi connectivity index (χ0v) is 16.4. The Morgan fingerprint density at radius 1 is 1.25 bits per heavy atom. The normalized spacial score (nSPS) is 24.1. The van der Waals surface area contributed by atoms with Crippen molar-refractivity contribution in [1.29, 1.82) is 0 Å². The molecule has 2 aromatic rings. The Morgan fingerprint density at radius 2 is 2.11 bits per heavy atom. The molecule has 2 N–H and O–H groups in total. The smallest absolute Gasteiger partial charge is 0.313 e. The second-order valence-electron chi connectivity index (χ2n) is 8.08. The lowest BCUT2D eigenvalue weighted by Crippen LogP contribution is -2.45. The summed E-state index contributed by atoms with van der Waals surface area (Å²) in [7, 11) is 0. The molecule has 4 rings (SSSR count). The molecule has 0 unspecified atom stereocenters. The Morgan fingerprint density at radius 3 is 2.82 bits per heavy atom. The molecule has 2 bridgehead atoms. The van der Waals surface area contributed by atoms with Gasteiger partial charge in [0.2, 0.25) is 0 Å². The van der Waals surface area contributed by atoms with E-state index in [0.717, 1.165) is 23.9 Å². The third-order valence-corrected chi connectivity index (χ3v) is 6.33. The molecule has 2 amide bonds. The van der Waals surface area contributed by atoms with Crippen LogP contribution in [0.3, 0.4) is 0 Å². The van der Waals surface area contributed by atoms with Crippen LogP contribution in [-0.4, -0.2) is 32.6 Å². The van der Waals surface area contributed by atoms with Gasteiger partial charge in [0.1, 0.15) is 6.33 Å². The molecular formula is C21H27N5O2. The van der Waals surface area contributed by atoms with Crippen LogP contribution in [0.1, 0.15) is 39.5 Å². The Labute approximate surface area is 164 Å². The van der Waals surface area contributed by atoms with E-state index in [1.807, 2.05) is 30.5 Å². The molecule has 2 aliphatic rings. The maximum atomic E-state index is 12.4. The molecule has 2 aliphatic carbocycles. The summed E-state index contributed by atoms with van der Waals surface area (Å²) in [5.41, 5.74) is 1.41. The summed E-state index contributed by atoms with van der Waals surface area (Å²) in [6, 6.07) is 7.34. The second kappa shape index (κ2) is 7.73. The lowest BCUT2D eigenvalue weighted by atomic mass is 9.84. The van der Waals surface area contributed by atoms with E-state index < -0.39 is 11.8 Å². The molecular weight excluding hydrogens is 354 g/mol. The number of hydrogen-bond acceptors (Lipinski definition) is 4. The average Bonchev–Trinajstić information content (AvgIpc) is 3.44. The van der Waals surface area contributed by atoms with Crippen LogP contribution in [0, 0.1) is 17.8 Å². The number of aryl methyl sites for hydroxylation is 1. The minimum Gasteiger partial charge on any atom is -0.345 e. The van der Waals surface area contributed by atoms with Crippen LogP contribution in [0.5, 0.6) is 0 Å². The standard InChI is InChI=1S/C21H27N5O2/c1-3-26-12-22-25-19(26)16-5-4-6-17(11-16)24-21(28)20(27)23-13(2)18-10-14-7-8-15(18)9-14/h4-6,11-15,18H,3,7-10H2,1-2H3,(H,23,27)(H,24,28)/t13-,14-,15-,18-/m0/s1. The minimum absolute atomic E-state index is 0.0305. The van der Waals surface area contributed by atoms with Crippen LogP contribution in [0.15, 0.2) is 30.6 Å². The van der Waals surface area contributed by atoms with Crippen LogP contribution in [0.25, 0.3) is 11.4 Å². The Hall–Kier alpha value is -2.70. The van der Waals surface area contributed by atoms with Crippen LogP contribution in [-0.2, 0) is 16.1 Å². The minimum atomic E-state index is -0.635. The summed E-state index contributed by atoms with van der Waals surface area (Å²) in [6.07, 6.45) is 6.71. The molecule has 148 valence electrons. The molecule has 0 spiro atoms. The zero-order chi connectivity index (χ0) is 19.7.